The van der Waals surface area contributed by atoms with Gasteiger partial charge in [-0.25, -0.2) is 0 Å². The lowest BCUT2D eigenvalue weighted by Gasteiger charge is -2.31. The zero-order valence-corrected chi connectivity index (χ0v) is 18.2. The van der Waals surface area contributed by atoms with Gasteiger partial charge in [-0.1, -0.05) is 74.0 Å². The molecule has 0 saturated heterocycles. The molecule has 0 unspecified atom stereocenters. The number of nitrogens with one attached hydrogen (secondary N) is 1. The summed E-state index contributed by atoms with van der Waals surface area (Å²) in [5, 5.41) is 3.05. The van der Waals surface area contributed by atoms with Gasteiger partial charge in [0.15, 0.2) is 0 Å². The minimum absolute atomic E-state index is 0.0144. The number of rotatable bonds is 10. The van der Waals surface area contributed by atoms with Crippen molar-refractivity contribution in [3.05, 3.63) is 71.3 Å². The monoisotopic (exact) mass is 394 g/mol. The number of aryl methyl sites for hydroxylation is 2. The molecule has 2 amide bonds. The normalized spacial score (nSPS) is 12.8. The second kappa shape index (κ2) is 11.4. The summed E-state index contributed by atoms with van der Waals surface area (Å²) in [7, 11) is 0. The molecule has 0 fully saturated rings. The van der Waals surface area contributed by atoms with Crippen LogP contribution in [0, 0.1) is 6.92 Å². The fourth-order valence-corrected chi connectivity index (χ4v) is 3.29. The fourth-order valence-electron chi connectivity index (χ4n) is 3.29. The van der Waals surface area contributed by atoms with Crippen LogP contribution >= 0.6 is 0 Å². The molecule has 0 saturated carbocycles. The van der Waals surface area contributed by atoms with Crippen molar-refractivity contribution in [1.29, 1.82) is 0 Å². The lowest BCUT2D eigenvalue weighted by Crippen LogP contribution is -2.50. The van der Waals surface area contributed by atoms with E-state index in [-0.39, 0.29) is 17.9 Å². The molecular formula is C25H34N2O2. The van der Waals surface area contributed by atoms with Crippen molar-refractivity contribution in [3.63, 3.8) is 0 Å². The number of benzene rings is 2. The predicted molar refractivity (Wildman–Crippen MR) is 118 cm³/mol. The molecule has 2 rings (SSSR count). The molecule has 0 aromatic heterocycles. The van der Waals surface area contributed by atoms with E-state index in [9.17, 15) is 9.59 Å². The van der Waals surface area contributed by atoms with Gasteiger partial charge in [0.2, 0.25) is 11.8 Å². The van der Waals surface area contributed by atoms with Crippen LogP contribution in [-0.2, 0) is 22.6 Å². The van der Waals surface area contributed by atoms with Crippen LogP contribution in [0.5, 0.6) is 0 Å². The van der Waals surface area contributed by atoms with Crippen LogP contribution in [0.4, 0.5) is 0 Å². The Morgan fingerprint density at radius 3 is 2.17 bits per heavy atom. The molecule has 0 bridgehead atoms. The molecule has 0 aliphatic heterocycles. The van der Waals surface area contributed by atoms with Crippen LogP contribution in [0.1, 0.15) is 56.7 Å². The second-order valence-corrected chi connectivity index (χ2v) is 7.73. The Balaban J connectivity index is 2.16. The zero-order valence-electron chi connectivity index (χ0n) is 18.2. The standard InChI is InChI=1S/C25H34N2O2/c1-5-20(4)26-25(29)23(6-2)27(18-22-10-8-7-9-11-22)24(28)17-16-21-14-12-19(3)13-15-21/h7-15,20,23H,5-6,16-18H2,1-4H3,(H,26,29)/t20-,23-/m0/s1. The highest BCUT2D eigenvalue weighted by Gasteiger charge is 2.28. The van der Waals surface area contributed by atoms with E-state index in [1.54, 1.807) is 4.90 Å². The smallest absolute Gasteiger partial charge is 0.243 e. The van der Waals surface area contributed by atoms with E-state index in [0.717, 1.165) is 17.5 Å². The SMILES string of the molecule is CC[C@H](C)NC(=O)[C@H](CC)N(Cc1ccccc1)C(=O)CCc1ccc(C)cc1. The fraction of sp³-hybridized carbons (Fsp3) is 0.440. The van der Waals surface area contributed by atoms with Crippen molar-refractivity contribution >= 4 is 11.8 Å². The molecule has 2 aromatic rings. The first-order valence-electron chi connectivity index (χ1n) is 10.6. The van der Waals surface area contributed by atoms with E-state index in [1.165, 1.54) is 5.56 Å². The third-order valence-corrected chi connectivity index (χ3v) is 5.33. The molecule has 1 N–H and O–H groups in total. The van der Waals surface area contributed by atoms with Crippen LogP contribution in [0.25, 0.3) is 0 Å². The summed E-state index contributed by atoms with van der Waals surface area (Å²) < 4.78 is 0. The highest BCUT2D eigenvalue weighted by molar-refractivity contribution is 5.87. The number of carbonyl (C=O) groups is 2. The van der Waals surface area contributed by atoms with Crippen molar-refractivity contribution < 1.29 is 9.59 Å². The topological polar surface area (TPSA) is 49.4 Å². The predicted octanol–water partition coefficient (Wildman–Crippen LogP) is 4.65. The van der Waals surface area contributed by atoms with Gasteiger partial charge in [0.25, 0.3) is 0 Å². The molecule has 4 heteroatoms. The van der Waals surface area contributed by atoms with Gasteiger partial charge in [0, 0.05) is 19.0 Å². The van der Waals surface area contributed by atoms with E-state index in [0.29, 0.717) is 25.8 Å². The van der Waals surface area contributed by atoms with Crippen molar-refractivity contribution in [2.45, 2.75) is 72.0 Å². The molecule has 0 aliphatic rings. The maximum absolute atomic E-state index is 13.2. The van der Waals surface area contributed by atoms with Gasteiger partial charge in [0.1, 0.15) is 6.04 Å². The van der Waals surface area contributed by atoms with Gasteiger partial charge in [0.05, 0.1) is 0 Å². The Kier molecular flexibility index (Phi) is 8.91. The van der Waals surface area contributed by atoms with Gasteiger partial charge in [-0.05, 0) is 44.2 Å². The number of amides is 2. The summed E-state index contributed by atoms with van der Waals surface area (Å²) >= 11 is 0. The lowest BCUT2D eigenvalue weighted by molar-refractivity contribution is -0.141. The molecular weight excluding hydrogens is 360 g/mol. The number of nitrogens with zero attached hydrogens (tertiary/aromatic N) is 1. The van der Waals surface area contributed by atoms with E-state index in [4.69, 9.17) is 0 Å². The summed E-state index contributed by atoms with van der Waals surface area (Å²) in [5.74, 6) is -0.0537. The van der Waals surface area contributed by atoms with Crippen LogP contribution in [-0.4, -0.2) is 28.8 Å². The van der Waals surface area contributed by atoms with Crippen LogP contribution in [0.3, 0.4) is 0 Å². The largest absolute Gasteiger partial charge is 0.352 e. The maximum Gasteiger partial charge on any atom is 0.243 e. The number of hydrogen-bond donors (Lipinski definition) is 1. The molecule has 2 atom stereocenters. The molecule has 0 heterocycles. The summed E-state index contributed by atoms with van der Waals surface area (Å²) in [4.78, 5) is 27.8. The summed E-state index contributed by atoms with van der Waals surface area (Å²) in [6.45, 7) is 8.50. The van der Waals surface area contributed by atoms with Gasteiger partial charge in [-0.2, -0.15) is 0 Å². The molecule has 4 nitrogen and oxygen atoms in total. The van der Waals surface area contributed by atoms with Crippen LogP contribution in [0.2, 0.25) is 0 Å². The lowest BCUT2D eigenvalue weighted by atomic mass is 10.0. The van der Waals surface area contributed by atoms with Gasteiger partial charge in [-0.15, -0.1) is 0 Å². The summed E-state index contributed by atoms with van der Waals surface area (Å²) in [6.07, 6.45) is 2.52. The summed E-state index contributed by atoms with van der Waals surface area (Å²) in [5.41, 5.74) is 3.38. The molecule has 156 valence electrons. The Hall–Kier alpha value is -2.62. The van der Waals surface area contributed by atoms with E-state index in [1.807, 2.05) is 51.1 Å². The van der Waals surface area contributed by atoms with Gasteiger partial charge >= 0.3 is 0 Å². The van der Waals surface area contributed by atoms with E-state index < -0.39 is 6.04 Å². The quantitative estimate of drug-likeness (QED) is 0.638. The first-order chi connectivity index (χ1) is 13.9. The minimum atomic E-state index is -0.463. The molecule has 0 radical (unpaired) electrons. The summed E-state index contributed by atoms with van der Waals surface area (Å²) in [6, 6.07) is 17.8. The average molecular weight is 395 g/mol. The maximum atomic E-state index is 13.2. The number of hydrogen-bond acceptors (Lipinski definition) is 2. The van der Waals surface area contributed by atoms with E-state index >= 15 is 0 Å². The first kappa shape index (κ1) is 22.7. The molecule has 0 aliphatic carbocycles. The highest BCUT2D eigenvalue weighted by atomic mass is 16.2. The zero-order chi connectivity index (χ0) is 21.2. The van der Waals surface area contributed by atoms with Crippen molar-refractivity contribution in [3.8, 4) is 0 Å². The Morgan fingerprint density at radius 1 is 0.931 bits per heavy atom. The third-order valence-electron chi connectivity index (χ3n) is 5.33. The molecule has 2 aromatic carbocycles. The van der Waals surface area contributed by atoms with Crippen molar-refractivity contribution in [2.75, 3.05) is 0 Å². The van der Waals surface area contributed by atoms with Crippen LogP contribution in [0.15, 0.2) is 54.6 Å². The first-order valence-corrected chi connectivity index (χ1v) is 10.6. The Labute approximate surface area is 175 Å². The van der Waals surface area contributed by atoms with Crippen molar-refractivity contribution in [2.24, 2.45) is 0 Å². The van der Waals surface area contributed by atoms with Gasteiger partial charge in [-0.3, -0.25) is 9.59 Å². The Bertz CT molecular complexity index is 771. The highest BCUT2D eigenvalue weighted by Crippen LogP contribution is 2.15. The average Bonchev–Trinajstić information content (AvgIpc) is 2.73. The molecule has 29 heavy (non-hydrogen) atoms. The molecule has 0 spiro atoms. The van der Waals surface area contributed by atoms with Crippen LogP contribution < -0.4 is 5.32 Å². The van der Waals surface area contributed by atoms with Crippen molar-refractivity contribution in [1.82, 2.24) is 10.2 Å². The Morgan fingerprint density at radius 2 is 1.59 bits per heavy atom. The third kappa shape index (κ3) is 7.04. The second-order valence-electron chi connectivity index (χ2n) is 7.73. The van der Waals surface area contributed by atoms with Gasteiger partial charge < -0.3 is 10.2 Å². The number of carbonyl (C=O) groups excluding carboxylic acids is 2. The van der Waals surface area contributed by atoms with E-state index in [2.05, 4.69) is 36.5 Å². The minimum Gasteiger partial charge on any atom is -0.352 e.